The predicted molar refractivity (Wildman–Crippen MR) is 86.8 cm³/mol. The van der Waals surface area contributed by atoms with Crippen molar-refractivity contribution >= 4 is 0 Å². The van der Waals surface area contributed by atoms with Crippen molar-refractivity contribution in [2.75, 3.05) is 26.2 Å². The molecule has 0 spiro atoms. The van der Waals surface area contributed by atoms with Gasteiger partial charge in [0.25, 0.3) is 0 Å². The average Bonchev–Trinajstić information content (AvgIpc) is 2.96. The summed E-state index contributed by atoms with van der Waals surface area (Å²) in [6.45, 7) is 10.4. The maximum Gasteiger partial charge on any atom is 0.145 e. The molecule has 1 N–H and O–H groups in total. The Labute approximate surface area is 129 Å². The smallest absolute Gasteiger partial charge is 0.145 e. The van der Waals surface area contributed by atoms with Crippen LogP contribution in [0.25, 0.3) is 0 Å². The first-order valence-corrected chi connectivity index (χ1v) is 8.05. The molecule has 0 radical (unpaired) electrons. The van der Waals surface area contributed by atoms with Gasteiger partial charge in [-0.25, -0.2) is 0 Å². The van der Waals surface area contributed by atoms with Gasteiger partial charge in [-0.2, -0.15) is 5.26 Å². The van der Waals surface area contributed by atoms with Gasteiger partial charge in [-0.15, -0.1) is 0 Å². The van der Waals surface area contributed by atoms with Crippen LogP contribution in [-0.4, -0.2) is 31.1 Å². The molecule has 0 saturated carbocycles. The van der Waals surface area contributed by atoms with Crippen LogP contribution in [0.3, 0.4) is 0 Å². The summed E-state index contributed by atoms with van der Waals surface area (Å²) in [5.41, 5.74) is 0.476. The van der Waals surface area contributed by atoms with Crippen molar-refractivity contribution in [1.29, 1.82) is 5.26 Å². The fraction of sp³-hybridized carbons (Fsp3) is 0.611. The molecule has 1 aliphatic rings. The maximum atomic E-state index is 9.86. The fourth-order valence-electron chi connectivity index (χ4n) is 3.30. The first kappa shape index (κ1) is 16.0. The molecule has 2 atom stereocenters. The number of likely N-dealkylation sites (N-methyl/N-ethyl adjacent to an activating group) is 1. The van der Waals surface area contributed by atoms with Crippen LogP contribution in [0.5, 0.6) is 0 Å². The highest BCUT2D eigenvalue weighted by atomic mass is 15.2. The molecule has 1 saturated heterocycles. The van der Waals surface area contributed by atoms with Crippen molar-refractivity contribution in [2.45, 2.75) is 32.7 Å². The second-order valence-corrected chi connectivity index (χ2v) is 6.44. The average molecular weight is 285 g/mol. The van der Waals surface area contributed by atoms with Crippen molar-refractivity contribution in [3.8, 4) is 6.07 Å². The molecule has 2 rings (SSSR count). The summed E-state index contributed by atoms with van der Waals surface area (Å²) in [6.07, 6.45) is 1.25. The second-order valence-electron chi connectivity index (χ2n) is 6.44. The van der Waals surface area contributed by atoms with Crippen molar-refractivity contribution in [1.82, 2.24) is 10.2 Å². The van der Waals surface area contributed by atoms with Crippen molar-refractivity contribution in [3.63, 3.8) is 0 Å². The van der Waals surface area contributed by atoms with Crippen LogP contribution in [0.4, 0.5) is 0 Å². The summed E-state index contributed by atoms with van der Waals surface area (Å²) in [6, 6.07) is 12.7. The molecule has 0 amide bonds. The van der Waals surface area contributed by atoms with Gasteiger partial charge in [0.2, 0.25) is 0 Å². The zero-order chi connectivity index (χ0) is 15.3. The van der Waals surface area contributed by atoms with Gasteiger partial charge in [0.05, 0.1) is 6.07 Å². The van der Waals surface area contributed by atoms with Gasteiger partial charge >= 0.3 is 0 Å². The number of hydrogen-bond donors (Lipinski definition) is 1. The van der Waals surface area contributed by atoms with Gasteiger partial charge in [-0.1, -0.05) is 51.1 Å². The molecule has 1 aromatic rings. The Hall–Kier alpha value is -1.37. The third kappa shape index (κ3) is 3.64. The summed E-state index contributed by atoms with van der Waals surface area (Å²) >= 11 is 0. The largest absolute Gasteiger partial charge is 0.300 e. The van der Waals surface area contributed by atoms with Gasteiger partial charge in [-0.05, 0) is 36.9 Å². The standard InChI is InChI=1S/C18H27N3/c1-4-20-18(13-19,17-8-6-5-7-9-17)14-21-11-10-16(12-21)15(2)3/h5-9,15-16,20H,4,10-12,14H2,1-3H3. The van der Waals surface area contributed by atoms with Crippen LogP contribution in [0.2, 0.25) is 0 Å². The minimum Gasteiger partial charge on any atom is -0.300 e. The summed E-state index contributed by atoms with van der Waals surface area (Å²) in [5.74, 6) is 1.49. The Kier molecular flexibility index (Phi) is 5.39. The molecule has 2 unspecified atom stereocenters. The zero-order valence-electron chi connectivity index (χ0n) is 13.5. The first-order valence-electron chi connectivity index (χ1n) is 8.05. The van der Waals surface area contributed by atoms with Crippen LogP contribution in [0.15, 0.2) is 30.3 Å². The van der Waals surface area contributed by atoms with E-state index in [0.717, 1.165) is 43.6 Å². The van der Waals surface area contributed by atoms with Crippen molar-refractivity contribution in [3.05, 3.63) is 35.9 Å². The number of nitrogens with zero attached hydrogens (tertiary/aromatic N) is 2. The van der Waals surface area contributed by atoms with Crippen LogP contribution in [0.1, 0.15) is 32.8 Å². The van der Waals surface area contributed by atoms with Crippen LogP contribution in [-0.2, 0) is 5.54 Å². The zero-order valence-corrected chi connectivity index (χ0v) is 13.5. The van der Waals surface area contributed by atoms with Gasteiger partial charge in [0.1, 0.15) is 5.54 Å². The quantitative estimate of drug-likeness (QED) is 0.873. The molecule has 0 aliphatic carbocycles. The molecule has 1 aromatic carbocycles. The van der Waals surface area contributed by atoms with Gasteiger partial charge in [0, 0.05) is 13.1 Å². The monoisotopic (exact) mass is 285 g/mol. The molecular formula is C18H27N3. The topological polar surface area (TPSA) is 39.1 Å². The van der Waals surface area contributed by atoms with E-state index < -0.39 is 5.54 Å². The minimum atomic E-state index is -0.595. The summed E-state index contributed by atoms with van der Waals surface area (Å²) in [5, 5.41) is 13.3. The molecule has 3 nitrogen and oxygen atoms in total. The lowest BCUT2D eigenvalue weighted by Crippen LogP contribution is -2.49. The lowest BCUT2D eigenvalue weighted by molar-refractivity contribution is 0.237. The van der Waals surface area contributed by atoms with Crippen LogP contribution < -0.4 is 5.32 Å². The number of benzene rings is 1. The highest BCUT2D eigenvalue weighted by Crippen LogP contribution is 2.28. The summed E-state index contributed by atoms with van der Waals surface area (Å²) < 4.78 is 0. The van der Waals surface area contributed by atoms with Crippen molar-refractivity contribution in [2.24, 2.45) is 11.8 Å². The number of likely N-dealkylation sites (tertiary alicyclic amines) is 1. The molecule has 1 heterocycles. The fourth-order valence-corrected chi connectivity index (χ4v) is 3.30. The lowest BCUT2D eigenvalue weighted by Gasteiger charge is -2.32. The van der Waals surface area contributed by atoms with Gasteiger partial charge < -0.3 is 0 Å². The molecule has 0 bridgehead atoms. The number of hydrogen-bond acceptors (Lipinski definition) is 3. The number of rotatable bonds is 6. The molecule has 0 aromatic heterocycles. The van der Waals surface area contributed by atoms with E-state index in [2.05, 4.69) is 49.2 Å². The Morgan fingerprint density at radius 1 is 1.38 bits per heavy atom. The first-order chi connectivity index (χ1) is 10.1. The van der Waals surface area contributed by atoms with E-state index in [4.69, 9.17) is 0 Å². The number of nitrogens with one attached hydrogen (secondary N) is 1. The Bertz CT molecular complexity index is 477. The van der Waals surface area contributed by atoms with Gasteiger partial charge in [-0.3, -0.25) is 10.2 Å². The van der Waals surface area contributed by atoms with E-state index in [1.165, 1.54) is 6.42 Å². The third-order valence-electron chi connectivity index (χ3n) is 4.65. The normalized spacial score (nSPS) is 22.1. The van der Waals surface area contributed by atoms with E-state index >= 15 is 0 Å². The van der Waals surface area contributed by atoms with E-state index in [0.29, 0.717) is 0 Å². The minimum absolute atomic E-state index is 0.595. The van der Waals surface area contributed by atoms with E-state index in [-0.39, 0.29) is 0 Å². The maximum absolute atomic E-state index is 9.86. The number of nitriles is 1. The summed E-state index contributed by atoms with van der Waals surface area (Å²) in [7, 11) is 0. The van der Waals surface area contributed by atoms with Gasteiger partial charge in [0.15, 0.2) is 0 Å². The molecule has 3 heteroatoms. The summed E-state index contributed by atoms with van der Waals surface area (Å²) in [4.78, 5) is 2.45. The Morgan fingerprint density at radius 2 is 2.10 bits per heavy atom. The lowest BCUT2D eigenvalue weighted by atomic mass is 9.90. The molecule has 1 fully saturated rings. The van der Waals surface area contributed by atoms with Crippen LogP contribution >= 0.6 is 0 Å². The SMILES string of the molecule is CCNC(C#N)(CN1CCC(C(C)C)C1)c1ccccc1. The molecule has 21 heavy (non-hydrogen) atoms. The van der Waals surface area contributed by atoms with Crippen LogP contribution in [0, 0.1) is 23.2 Å². The molecule has 114 valence electrons. The van der Waals surface area contributed by atoms with E-state index in [9.17, 15) is 5.26 Å². The Morgan fingerprint density at radius 3 is 2.62 bits per heavy atom. The van der Waals surface area contributed by atoms with E-state index in [1.54, 1.807) is 0 Å². The van der Waals surface area contributed by atoms with E-state index in [1.807, 2.05) is 18.2 Å². The third-order valence-corrected chi connectivity index (χ3v) is 4.65. The highest BCUT2D eigenvalue weighted by molar-refractivity contribution is 5.32. The molecular weight excluding hydrogens is 258 g/mol. The second kappa shape index (κ2) is 7.06. The highest BCUT2D eigenvalue weighted by Gasteiger charge is 2.36. The molecule has 1 aliphatic heterocycles. The Balaban J connectivity index is 2.17. The van der Waals surface area contributed by atoms with Crippen molar-refractivity contribution < 1.29 is 0 Å². The predicted octanol–water partition coefficient (Wildman–Crippen LogP) is 2.99.